The highest BCUT2D eigenvalue weighted by Gasteiger charge is 2.08. The Labute approximate surface area is 146 Å². The second kappa shape index (κ2) is 8.28. The summed E-state index contributed by atoms with van der Waals surface area (Å²) in [5, 5.41) is 8.13. The van der Waals surface area contributed by atoms with Crippen molar-refractivity contribution in [2.45, 2.75) is 33.4 Å². The van der Waals surface area contributed by atoms with Gasteiger partial charge in [0.25, 0.3) is 5.91 Å². The molecule has 0 radical (unpaired) electrons. The molecule has 2 rings (SSSR count). The first-order valence-electron chi connectivity index (χ1n) is 8.06. The molecule has 6 heteroatoms. The molecule has 0 saturated carbocycles. The quantitative estimate of drug-likeness (QED) is 0.776. The van der Waals surface area contributed by atoms with E-state index in [0.29, 0.717) is 23.4 Å². The van der Waals surface area contributed by atoms with Crippen LogP contribution in [0, 0.1) is 12.7 Å². The van der Waals surface area contributed by atoms with Crippen molar-refractivity contribution >= 4 is 17.6 Å². The van der Waals surface area contributed by atoms with E-state index in [2.05, 4.69) is 16.0 Å². The van der Waals surface area contributed by atoms with E-state index in [9.17, 15) is 14.0 Å². The van der Waals surface area contributed by atoms with E-state index in [1.54, 1.807) is 43.3 Å². The second-order valence-corrected chi connectivity index (χ2v) is 6.10. The fraction of sp³-hybridized carbons (Fsp3) is 0.263. The summed E-state index contributed by atoms with van der Waals surface area (Å²) < 4.78 is 13.5. The molecule has 0 aliphatic heterocycles. The van der Waals surface area contributed by atoms with Crippen LogP contribution in [-0.2, 0) is 6.54 Å². The molecule has 0 fully saturated rings. The summed E-state index contributed by atoms with van der Waals surface area (Å²) in [4.78, 5) is 23.7. The average molecular weight is 343 g/mol. The number of amides is 3. The monoisotopic (exact) mass is 343 g/mol. The van der Waals surface area contributed by atoms with Gasteiger partial charge in [-0.2, -0.15) is 0 Å². The van der Waals surface area contributed by atoms with Gasteiger partial charge >= 0.3 is 6.03 Å². The van der Waals surface area contributed by atoms with Crippen LogP contribution in [0.5, 0.6) is 0 Å². The predicted octanol–water partition coefficient (Wildman–Crippen LogP) is 3.59. The lowest BCUT2D eigenvalue weighted by Gasteiger charge is -2.10. The summed E-state index contributed by atoms with van der Waals surface area (Å²) in [7, 11) is 0. The van der Waals surface area contributed by atoms with Gasteiger partial charge < -0.3 is 16.0 Å². The van der Waals surface area contributed by atoms with Crippen molar-refractivity contribution < 1.29 is 14.0 Å². The van der Waals surface area contributed by atoms with Gasteiger partial charge in [0, 0.05) is 23.8 Å². The molecular weight excluding hydrogens is 321 g/mol. The maximum Gasteiger partial charge on any atom is 0.315 e. The molecule has 25 heavy (non-hydrogen) atoms. The Balaban J connectivity index is 1.93. The van der Waals surface area contributed by atoms with Crippen molar-refractivity contribution in [2.24, 2.45) is 0 Å². The molecule has 2 aromatic carbocycles. The maximum atomic E-state index is 13.5. The molecule has 3 amide bonds. The highest BCUT2D eigenvalue weighted by atomic mass is 19.1. The second-order valence-electron chi connectivity index (χ2n) is 6.10. The van der Waals surface area contributed by atoms with Crippen LogP contribution in [0.25, 0.3) is 0 Å². The Bertz CT molecular complexity index is 758. The molecule has 2 aromatic rings. The number of rotatable bonds is 5. The number of hydrogen-bond acceptors (Lipinski definition) is 2. The molecule has 0 aliphatic rings. The van der Waals surface area contributed by atoms with E-state index in [0.717, 1.165) is 5.56 Å². The van der Waals surface area contributed by atoms with Gasteiger partial charge in [-0.1, -0.05) is 18.2 Å². The molecule has 0 heterocycles. The van der Waals surface area contributed by atoms with Gasteiger partial charge in [0.1, 0.15) is 5.82 Å². The van der Waals surface area contributed by atoms with Crippen molar-refractivity contribution in [3.8, 4) is 0 Å². The summed E-state index contributed by atoms with van der Waals surface area (Å²) in [6.45, 7) is 5.79. The molecule has 0 saturated heterocycles. The van der Waals surface area contributed by atoms with Gasteiger partial charge in [0.15, 0.2) is 0 Å². The number of anilines is 1. The molecule has 0 aliphatic carbocycles. The van der Waals surface area contributed by atoms with Crippen molar-refractivity contribution in [1.29, 1.82) is 0 Å². The van der Waals surface area contributed by atoms with Gasteiger partial charge in [-0.05, 0) is 56.2 Å². The van der Waals surface area contributed by atoms with Crippen molar-refractivity contribution in [3.05, 3.63) is 65.0 Å². The smallest absolute Gasteiger partial charge is 0.315 e. The Morgan fingerprint density at radius 1 is 1.08 bits per heavy atom. The summed E-state index contributed by atoms with van der Waals surface area (Å²) in [5.41, 5.74) is 2.26. The van der Waals surface area contributed by atoms with Crippen LogP contribution in [0.2, 0.25) is 0 Å². The minimum atomic E-state index is -0.362. The van der Waals surface area contributed by atoms with Gasteiger partial charge in [-0.25, -0.2) is 9.18 Å². The van der Waals surface area contributed by atoms with E-state index in [1.165, 1.54) is 6.07 Å². The third-order valence-corrected chi connectivity index (χ3v) is 3.52. The number of halogens is 1. The maximum absolute atomic E-state index is 13.5. The number of nitrogens with one attached hydrogen (secondary N) is 3. The first-order chi connectivity index (χ1) is 11.8. The molecule has 0 aromatic heterocycles. The SMILES string of the molecule is Cc1ccc(NC(=O)c2ccc(CNC(=O)NC(C)C)cc2)cc1F. The zero-order chi connectivity index (χ0) is 18.4. The molecule has 0 unspecified atom stereocenters. The number of hydrogen-bond donors (Lipinski definition) is 3. The van der Waals surface area contributed by atoms with E-state index in [-0.39, 0.29) is 23.8 Å². The molecule has 132 valence electrons. The minimum Gasteiger partial charge on any atom is -0.336 e. The Hall–Kier alpha value is -2.89. The molecular formula is C19H22FN3O2. The fourth-order valence-electron chi connectivity index (χ4n) is 2.14. The minimum absolute atomic E-state index is 0.0673. The summed E-state index contributed by atoms with van der Waals surface area (Å²) >= 11 is 0. The average Bonchev–Trinajstić information content (AvgIpc) is 2.56. The highest BCUT2D eigenvalue weighted by molar-refractivity contribution is 6.04. The number of carbonyl (C=O) groups excluding carboxylic acids is 2. The molecule has 3 N–H and O–H groups in total. The van der Waals surface area contributed by atoms with Crippen molar-refractivity contribution in [2.75, 3.05) is 5.32 Å². The molecule has 0 spiro atoms. The first-order valence-corrected chi connectivity index (χ1v) is 8.06. The standard InChI is InChI=1S/C19H22FN3O2/c1-12(2)22-19(25)21-11-14-5-7-15(8-6-14)18(24)23-16-9-4-13(3)17(20)10-16/h4-10,12H,11H2,1-3H3,(H,23,24)(H2,21,22,25). The van der Waals surface area contributed by atoms with Crippen LogP contribution in [0.15, 0.2) is 42.5 Å². The first kappa shape index (κ1) is 18.4. The number of urea groups is 1. The van der Waals surface area contributed by atoms with Gasteiger partial charge in [-0.3, -0.25) is 4.79 Å². The number of aryl methyl sites for hydroxylation is 1. The summed E-state index contributed by atoms with van der Waals surface area (Å²) in [6, 6.07) is 11.2. The zero-order valence-corrected chi connectivity index (χ0v) is 14.5. The van der Waals surface area contributed by atoms with Gasteiger partial charge in [0.2, 0.25) is 0 Å². The summed E-state index contributed by atoms with van der Waals surface area (Å²) in [6.07, 6.45) is 0. The number of carbonyl (C=O) groups is 2. The lowest BCUT2D eigenvalue weighted by molar-refractivity contribution is 0.102. The van der Waals surface area contributed by atoms with Gasteiger partial charge in [-0.15, -0.1) is 0 Å². The largest absolute Gasteiger partial charge is 0.336 e. The van der Waals surface area contributed by atoms with Crippen LogP contribution < -0.4 is 16.0 Å². The topological polar surface area (TPSA) is 70.2 Å². The van der Waals surface area contributed by atoms with E-state index >= 15 is 0 Å². The molecule has 0 bridgehead atoms. The Kier molecular flexibility index (Phi) is 6.11. The van der Waals surface area contributed by atoms with Gasteiger partial charge in [0.05, 0.1) is 0 Å². The lowest BCUT2D eigenvalue weighted by Crippen LogP contribution is -2.39. The van der Waals surface area contributed by atoms with E-state index in [1.807, 2.05) is 13.8 Å². The third kappa shape index (κ3) is 5.60. The van der Waals surface area contributed by atoms with Crippen molar-refractivity contribution in [1.82, 2.24) is 10.6 Å². The normalized spacial score (nSPS) is 10.4. The molecule has 5 nitrogen and oxygen atoms in total. The van der Waals surface area contributed by atoms with Crippen molar-refractivity contribution in [3.63, 3.8) is 0 Å². The molecule has 0 atom stereocenters. The van der Waals surface area contributed by atoms with Crippen LogP contribution >= 0.6 is 0 Å². The summed E-state index contributed by atoms with van der Waals surface area (Å²) in [5.74, 6) is -0.681. The zero-order valence-electron chi connectivity index (χ0n) is 14.5. The Morgan fingerprint density at radius 2 is 1.76 bits per heavy atom. The Morgan fingerprint density at radius 3 is 2.36 bits per heavy atom. The lowest BCUT2D eigenvalue weighted by atomic mass is 10.1. The third-order valence-electron chi connectivity index (χ3n) is 3.52. The van der Waals surface area contributed by atoms with E-state index in [4.69, 9.17) is 0 Å². The van der Waals surface area contributed by atoms with E-state index < -0.39 is 0 Å². The van der Waals surface area contributed by atoms with Crippen LogP contribution in [0.1, 0.15) is 35.3 Å². The van der Waals surface area contributed by atoms with Crippen LogP contribution in [-0.4, -0.2) is 18.0 Å². The highest BCUT2D eigenvalue weighted by Crippen LogP contribution is 2.15. The predicted molar refractivity (Wildman–Crippen MR) is 96.0 cm³/mol. The van der Waals surface area contributed by atoms with Crippen LogP contribution in [0.3, 0.4) is 0 Å². The van der Waals surface area contributed by atoms with Crippen LogP contribution in [0.4, 0.5) is 14.9 Å². The number of benzene rings is 2. The fourth-order valence-corrected chi connectivity index (χ4v) is 2.14.